The van der Waals surface area contributed by atoms with Gasteiger partial charge in [0.25, 0.3) is 6.43 Å². The normalized spacial score (nSPS) is 13.2. The number of furan rings is 1. The van der Waals surface area contributed by atoms with Crippen molar-refractivity contribution in [2.24, 2.45) is 0 Å². The fraction of sp³-hybridized carbons (Fsp3) is 0.600. The first-order valence-corrected chi connectivity index (χ1v) is 4.95. The second kappa shape index (κ2) is 7.32. The van der Waals surface area contributed by atoms with Crippen molar-refractivity contribution in [3.63, 3.8) is 0 Å². The van der Waals surface area contributed by atoms with Gasteiger partial charge in [-0.1, -0.05) is 0 Å². The molecule has 1 aromatic rings. The molecule has 1 rings (SSSR count). The summed E-state index contributed by atoms with van der Waals surface area (Å²) in [6.07, 6.45) is -1.68. The van der Waals surface area contributed by atoms with Crippen molar-refractivity contribution in [1.29, 1.82) is 0 Å². The summed E-state index contributed by atoms with van der Waals surface area (Å²) in [6, 6.07) is 3.49. The Labute approximate surface area is 92.2 Å². The SMILES string of the molecule is OC(CNCC(F)F)COCc1ccco1. The van der Waals surface area contributed by atoms with E-state index in [-0.39, 0.29) is 19.8 Å². The highest BCUT2D eigenvalue weighted by atomic mass is 19.3. The number of hydrogen-bond donors (Lipinski definition) is 2. The van der Waals surface area contributed by atoms with Crippen LogP contribution in [0.15, 0.2) is 22.8 Å². The molecule has 0 spiro atoms. The molecular weight excluding hydrogens is 220 g/mol. The zero-order valence-electron chi connectivity index (χ0n) is 8.73. The molecule has 0 aliphatic carbocycles. The topological polar surface area (TPSA) is 54.6 Å². The van der Waals surface area contributed by atoms with Gasteiger partial charge in [-0.05, 0) is 12.1 Å². The molecule has 0 saturated heterocycles. The molecule has 2 N–H and O–H groups in total. The fourth-order valence-corrected chi connectivity index (χ4v) is 1.11. The van der Waals surface area contributed by atoms with Crippen molar-refractivity contribution >= 4 is 0 Å². The van der Waals surface area contributed by atoms with Crippen molar-refractivity contribution in [3.8, 4) is 0 Å². The van der Waals surface area contributed by atoms with Gasteiger partial charge in [0.1, 0.15) is 12.4 Å². The maximum atomic E-state index is 11.7. The van der Waals surface area contributed by atoms with Gasteiger partial charge in [0.15, 0.2) is 0 Å². The Hall–Kier alpha value is -0.980. The van der Waals surface area contributed by atoms with Gasteiger partial charge in [0.2, 0.25) is 0 Å². The van der Waals surface area contributed by atoms with Gasteiger partial charge in [-0.2, -0.15) is 0 Å². The van der Waals surface area contributed by atoms with E-state index in [2.05, 4.69) is 5.32 Å². The summed E-state index contributed by atoms with van der Waals surface area (Å²) < 4.78 is 33.6. The van der Waals surface area contributed by atoms with Crippen LogP contribution in [0.25, 0.3) is 0 Å². The quantitative estimate of drug-likeness (QED) is 0.706. The molecule has 0 radical (unpaired) electrons. The lowest BCUT2D eigenvalue weighted by atomic mass is 10.3. The van der Waals surface area contributed by atoms with E-state index in [9.17, 15) is 13.9 Å². The second-order valence-corrected chi connectivity index (χ2v) is 3.30. The highest BCUT2D eigenvalue weighted by molar-refractivity contribution is 4.96. The predicted octanol–water partition coefficient (Wildman–Crippen LogP) is 1.01. The minimum atomic E-state index is -2.41. The summed E-state index contributed by atoms with van der Waals surface area (Å²) in [6.45, 7) is 0.00752. The van der Waals surface area contributed by atoms with Crippen LogP contribution in [-0.4, -0.2) is 37.3 Å². The molecule has 0 amide bonds. The molecule has 1 unspecified atom stereocenters. The van der Waals surface area contributed by atoms with Crippen LogP contribution in [0.1, 0.15) is 5.76 Å². The van der Waals surface area contributed by atoms with Crippen LogP contribution < -0.4 is 5.32 Å². The first kappa shape index (κ1) is 13.1. The van der Waals surface area contributed by atoms with Gasteiger partial charge in [0.05, 0.1) is 25.5 Å². The number of nitrogens with one attached hydrogen (secondary N) is 1. The summed E-state index contributed by atoms with van der Waals surface area (Å²) in [4.78, 5) is 0. The van der Waals surface area contributed by atoms with Crippen LogP contribution in [0.4, 0.5) is 8.78 Å². The summed E-state index contributed by atoms with van der Waals surface area (Å²) in [5.41, 5.74) is 0. The molecule has 0 aliphatic heterocycles. The first-order valence-electron chi connectivity index (χ1n) is 4.95. The molecular formula is C10H15F2NO3. The lowest BCUT2D eigenvalue weighted by Gasteiger charge is -2.11. The zero-order chi connectivity index (χ0) is 11.8. The van der Waals surface area contributed by atoms with Crippen LogP contribution in [-0.2, 0) is 11.3 Å². The van der Waals surface area contributed by atoms with Crippen LogP contribution in [0, 0.1) is 0 Å². The molecule has 92 valence electrons. The minimum absolute atomic E-state index is 0.0803. The molecule has 1 atom stereocenters. The third-order valence-corrected chi connectivity index (χ3v) is 1.81. The average Bonchev–Trinajstić information content (AvgIpc) is 2.70. The monoisotopic (exact) mass is 235 g/mol. The molecule has 0 saturated carbocycles. The molecule has 0 aliphatic rings. The van der Waals surface area contributed by atoms with Gasteiger partial charge in [0, 0.05) is 6.54 Å². The molecule has 16 heavy (non-hydrogen) atoms. The summed E-state index contributed by atoms with van der Waals surface area (Å²) in [5, 5.41) is 11.8. The predicted molar refractivity (Wildman–Crippen MR) is 53.2 cm³/mol. The number of alkyl halides is 2. The highest BCUT2D eigenvalue weighted by Gasteiger charge is 2.07. The number of halogens is 2. The summed E-state index contributed by atoms with van der Waals surface area (Å²) in [5.74, 6) is 0.660. The Bertz CT molecular complexity index is 267. The average molecular weight is 235 g/mol. The van der Waals surface area contributed by atoms with Gasteiger partial charge in [-0.3, -0.25) is 0 Å². The number of aliphatic hydroxyl groups is 1. The Morgan fingerprint density at radius 3 is 2.88 bits per heavy atom. The zero-order valence-corrected chi connectivity index (χ0v) is 8.73. The Morgan fingerprint density at radius 2 is 2.25 bits per heavy atom. The van der Waals surface area contributed by atoms with Gasteiger partial charge >= 0.3 is 0 Å². The Morgan fingerprint density at radius 1 is 1.44 bits per heavy atom. The summed E-state index contributed by atoms with van der Waals surface area (Å²) in [7, 11) is 0. The number of rotatable bonds is 8. The van der Waals surface area contributed by atoms with Crippen LogP contribution in [0.3, 0.4) is 0 Å². The number of ether oxygens (including phenoxy) is 1. The first-order chi connectivity index (χ1) is 7.68. The Kier molecular flexibility index (Phi) is 5.99. The van der Waals surface area contributed by atoms with Gasteiger partial charge < -0.3 is 19.6 Å². The third kappa shape index (κ3) is 5.79. The van der Waals surface area contributed by atoms with Crippen molar-refractivity contribution in [2.75, 3.05) is 19.7 Å². The van der Waals surface area contributed by atoms with E-state index in [4.69, 9.17) is 9.15 Å². The third-order valence-electron chi connectivity index (χ3n) is 1.81. The molecule has 0 aromatic carbocycles. The Balaban J connectivity index is 2.00. The molecule has 4 nitrogen and oxygen atoms in total. The molecule has 6 heteroatoms. The summed E-state index contributed by atoms with van der Waals surface area (Å²) >= 11 is 0. The number of aliphatic hydroxyl groups excluding tert-OH is 1. The minimum Gasteiger partial charge on any atom is -0.467 e. The lowest BCUT2D eigenvalue weighted by molar-refractivity contribution is 0.0207. The second-order valence-electron chi connectivity index (χ2n) is 3.30. The van der Waals surface area contributed by atoms with Crippen molar-refractivity contribution in [1.82, 2.24) is 5.32 Å². The molecule has 0 fully saturated rings. The van der Waals surface area contributed by atoms with E-state index in [1.54, 1.807) is 12.1 Å². The molecule has 0 bridgehead atoms. The van der Waals surface area contributed by atoms with Gasteiger partial charge in [-0.15, -0.1) is 0 Å². The fourth-order valence-electron chi connectivity index (χ4n) is 1.11. The van der Waals surface area contributed by atoms with Crippen molar-refractivity contribution in [2.45, 2.75) is 19.1 Å². The van der Waals surface area contributed by atoms with E-state index in [1.807, 2.05) is 0 Å². The largest absolute Gasteiger partial charge is 0.467 e. The van der Waals surface area contributed by atoms with Crippen LogP contribution in [0.2, 0.25) is 0 Å². The lowest BCUT2D eigenvalue weighted by Crippen LogP contribution is -2.33. The van der Waals surface area contributed by atoms with Crippen molar-refractivity contribution < 1.29 is 23.0 Å². The van der Waals surface area contributed by atoms with E-state index in [1.165, 1.54) is 6.26 Å². The van der Waals surface area contributed by atoms with E-state index < -0.39 is 19.1 Å². The van der Waals surface area contributed by atoms with E-state index >= 15 is 0 Å². The molecule has 1 aromatic heterocycles. The smallest absolute Gasteiger partial charge is 0.250 e. The van der Waals surface area contributed by atoms with Crippen LogP contribution >= 0.6 is 0 Å². The molecule has 1 heterocycles. The maximum absolute atomic E-state index is 11.7. The number of hydrogen-bond acceptors (Lipinski definition) is 4. The van der Waals surface area contributed by atoms with E-state index in [0.717, 1.165) is 0 Å². The van der Waals surface area contributed by atoms with Gasteiger partial charge in [-0.25, -0.2) is 8.78 Å². The van der Waals surface area contributed by atoms with E-state index in [0.29, 0.717) is 5.76 Å². The van der Waals surface area contributed by atoms with Crippen LogP contribution in [0.5, 0.6) is 0 Å². The standard InChI is InChI=1S/C10H15F2NO3/c11-10(12)5-13-4-8(14)6-15-7-9-2-1-3-16-9/h1-3,8,10,13-14H,4-7H2. The highest BCUT2D eigenvalue weighted by Crippen LogP contribution is 2.01. The maximum Gasteiger partial charge on any atom is 0.250 e. The van der Waals surface area contributed by atoms with Crippen molar-refractivity contribution in [3.05, 3.63) is 24.2 Å².